The zero-order valence-electron chi connectivity index (χ0n) is 10.0. The lowest BCUT2D eigenvalue weighted by Gasteiger charge is -2.30. The Morgan fingerprint density at radius 2 is 1.86 bits per heavy atom. The highest BCUT2D eigenvalue weighted by Crippen LogP contribution is 2.19. The van der Waals surface area contributed by atoms with E-state index in [0.717, 1.165) is 12.1 Å². The van der Waals surface area contributed by atoms with E-state index >= 15 is 0 Å². The molecule has 1 N–H and O–H groups in total. The summed E-state index contributed by atoms with van der Waals surface area (Å²) in [4.78, 5) is 0. The number of unbranched alkanes of at least 4 members (excludes halogenated alkanes) is 4. The lowest BCUT2D eigenvalue weighted by Crippen LogP contribution is -2.40. The van der Waals surface area contributed by atoms with Gasteiger partial charge in [-0.2, -0.15) is 0 Å². The van der Waals surface area contributed by atoms with E-state index in [9.17, 15) is 0 Å². The lowest BCUT2D eigenvalue weighted by molar-refractivity contribution is 0.301. The third-order valence-corrected chi connectivity index (χ3v) is 3.37. The summed E-state index contributed by atoms with van der Waals surface area (Å²) in [5.74, 6) is 0. The smallest absolute Gasteiger partial charge is 0.00695 e. The van der Waals surface area contributed by atoms with Gasteiger partial charge in [0, 0.05) is 12.1 Å². The van der Waals surface area contributed by atoms with Gasteiger partial charge in [0.2, 0.25) is 0 Å². The van der Waals surface area contributed by atoms with Crippen molar-refractivity contribution in [2.24, 2.45) is 0 Å². The van der Waals surface area contributed by atoms with Crippen molar-refractivity contribution in [3.05, 3.63) is 0 Å². The van der Waals surface area contributed by atoms with Crippen LogP contribution in [0.25, 0.3) is 0 Å². The molecule has 14 heavy (non-hydrogen) atoms. The zero-order valence-corrected chi connectivity index (χ0v) is 10.0. The quantitative estimate of drug-likeness (QED) is 0.582. The Morgan fingerprint density at radius 3 is 2.43 bits per heavy atom. The Bertz CT molecular complexity index is 129. The largest absolute Gasteiger partial charge is 0.312 e. The summed E-state index contributed by atoms with van der Waals surface area (Å²) in [6, 6.07) is 1.61. The van der Waals surface area contributed by atoms with Crippen LogP contribution in [0.5, 0.6) is 0 Å². The van der Waals surface area contributed by atoms with Gasteiger partial charge in [0.15, 0.2) is 0 Å². The fraction of sp³-hybridized carbons (Fsp3) is 1.00. The van der Waals surface area contributed by atoms with E-state index in [4.69, 9.17) is 0 Å². The first-order valence-electron chi connectivity index (χ1n) is 6.59. The molecule has 0 saturated heterocycles. The fourth-order valence-electron chi connectivity index (χ4n) is 2.11. The SMILES string of the molecule is CCCCCCCC(C)NC1CCC1. The highest BCUT2D eigenvalue weighted by molar-refractivity contribution is 4.78. The molecular weight excluding hydrogens is 170 g/mol. The van der Waals surface area contributed by atoms with E-state index in [1.807, 2.05) is 0 Å². The normalized spacial score (nSPS) is 19.3. The van der Waals surface area contributed by atoms with Gasteiger partial charge in [-0.3, -0.25) is 0 Å². The molecule has 1 heteroatoms. The number of hydrogen-bond acceptors (Lipinski definition) is 1. The first kappa shape index (κ1) is 12.0. The summed E-state index contributed by atoms with van der Waals surface area (Å²) >= 11 is 0. The van der Waals surface area contributed by atoms with E-state index in [0.29, 0.717) is 0 Å². The van der Waals surface area contributed by atoms with Crippen molar-refractivity contribution in [1.29, 1.82) is 0 Å². The monoisotopic (exact) mass is 197 g/mol. The Labute approximate surface area is 89.7 Å². The van der Waals surface area contributed by atoms with E-state index in [1.54, 1.807) is 0 Å². The van der Waals surface area contributed by atoms with Crippen molar-refractivity contribution in [3.8, 4) is 0 Å². The molecule has 1 unspecified atom stereocenters. The Balaban J connectivity index is 1.84. The van der Waals surface area contributed by atoms with Gasteiger partial charge in [0.05, 0.1) is 0 Å². The molecule has 1 rings (SSSR count). The maximum atomic E-state index is 3.71. The first-order chi connectivity index (χ1) is 6.83. The Kier molecular flexibility index (Phi) is 6.25. The third-order valence-electron chi connectivity index (χ3n) is 3.37. The van der Waals surface area contributed by atoms with Gasteiger partial charge in [-0.15, -0.1) is 0 Å². The Morgan fingerprint density at radius 1 is 1.14 bits per heavy atom. The predicted molar refractivity (Wildman–Crippen MR) is 63.6 cm³/mol. The third kappa shape index (κ3) is 4.99. The van der Waals surface area contributed by atoms with Gasteiger partial charge in [0.1, 0.15) is 0 Å². The van der Waals surface area contributed by atoms with Crippen LogP contribution in [0.15, 0.2) is 0 Å². The maximum absolute atomic E-state index is 3.71. The average molecular weight is 197 g/mol. The summed E-state index contributed by atoms with van der Waals surface area (Å²) in [6.07, 6.45) is 12.7. The van der Waals surface area contributed by atoms with Crippen LogP contribution in [0.4, 0.5) is 0 Å². The number of hydrogen-bond donors (Lipinski definition) is 1. The molecule has 0 aromatic carbocycles. The number of nitrogens with one attached hydrogen (secondary N) is 1. The van der Waals surface area contributed by atoms with Crippen LogP contribution in [0.3, 0.4) is 0 Å². The summed E-state index contributed by atoms with van der Waals surface area (Å²) in [6.45, 7) is 4.62. The van der Waals surface area contributed by atoms with Crippen LogP contribution in [0.2, 0.25) is 0 Å². The fourth-order valence-corrected chi connectivity index (χ4v) is 2.11. The standard InChI is InChI=1S/C13H27N/c1-3-4-5-6-7-9-12(2)14-13-10-8-11-13/h12-14H,3-11H2,1-2H3. The van der Waals surface area contributed by atoms with E-state index < -0.39 is 0 Å². The van der Waals surface area contributed by atoms with Crippen LogP contribution < -0.4 is 5.32 Å². The van der Waals surface area contributed by atoms with Gasteiger partial charge in [0.25, 0.3) is 0 Å². The summed E-state index contributed by atoms with van der Waals surface area (Å²) in [7, 11) is 0. The first-order valence-corrected chi connectivity index (χ1v) is 6.59. The van der Waals surface area contributed by atoms with Crippen LogP contribution in [0.1, 0.15) is 71.6 Å². The molecule has 0 radical (unpaired) electrons. The van der Waals surface area contributed by atoms with Crippen molar-refractivity contribution in [2.75, 3.05) is 0 Å². The molecule has 1 nitrogen and oxygen atoms in total. The van der Waals surface area contributed by atoms with Crippen LogP contribution in [0, 0.1) is 0 Å². The Hall–Kier alpha value is -0.0400. The van der Waals surface area contributed by atoms with Gasteiger partial charge in [-0.1, -0.05) is 45.4 Å². The summed E-state index contributed by atoms with van der Waals surface area (Å²) < 4.78 is 0. The van der Waals surface area contributed by atoms with Gasteiger partial charge in [-0.05, 0) is 26.2 Å². The van der Waals surface area contributed by atoms with Gasteiger partial charge in [-0.25, -0.2) is 0 Å². The summed E-state index contributed by atoms with van der Waals surface area (Å²) in [5, 5.41) is 3.71. The molecule has 0 aliphatic heterocycles. The van der Waals surface area contributed by atoms with Crippen molar-refractivity contribution < 1.29 is 0 Å². The lowest BCUT2D eigenvalue weighted by atomic mass is 9.92. The molecule has 0 aromatic rings. The minimum Gasteiger partial charge on any atom is -0.312 e. The number of rotatable bonds is 8. The van der Waals surface area contributed by atoms with Gasteiger partial charge < -0.3 is 5.32 Å². The van der Waals surface area contributed by atoms with Crippen molar-refractivity contribution in [3.63, 3.8) is 0 Å². The second-order valence-electron chi connectivity index (χ2n) is 4.90. The topological polar surface area (TPSA) is 12.0 Å². The van der Waals surface area contributed by atoms with Crippen LogP contribution >= 0.6 is 0 Å². The highest BCUT2D eigenvalue weighted by Gasteiger charge is 2.18. The second-order valence-corrected chi connectivity index (χ2v) is 4.90. The second kappa shape index (κ2) is 7.28. The van der Waals surface area contributed by atoms with E-state index in [1.165, 1.54) is 57.8 Å². The van der Waals surface area contributed by atoms with Crippen molar-refractivity contribution in [2.45, 2.75) is 83.7 Å². The molecule has 1 aliphatic rings. The average Bonchev–Trinajstić information content (AvgIpc) is 2.11. The van der Waals surface area contributed by atoms with Crippen molar-refractivity contribution >= 4 is 0 Å². The molecule has 0 spiro atoms. The zero-order chi connectivity index (χ0) is 10.2. The minimum atomic E-state index is 0.752. The molecule has 1 saturated carbocycles. The molecular formula is C13H27N. The van der Waals surface area contributed by atoms with Crippen molar-refractivity contribution in [1.82, 2.24) is 5.32 Å². The molecule has 1 aliphatic carbocycles. The van der Waals surface area contributed by atoms with E-state index in [2.05, 4.69) is 19.2 Å². The summed E-state index contributed by atoms with van der Waals surface area (Å²) in [5.41, 5.74) is 0. The maximum Gasteiger partial charge on any atom is 0.00695 e. The molecule has 0 bridgehead atoms. The van der Waals surface area contributed by atoms with Gasteiger partial charge >= 0.3 is 0 Å². The molecule has 1 fully saturated rings. The highest BCUT2D eigenvalue weighted by atomic mass is 15.0. The molecule has 0 aromatic heterocycles. The molecule has 84 valence electrons. The minimum absolute atomic E-state index is 0.752. The molecule has 0 heterocycles. The molecule has 0 amide bonds. The molecule has 1 atom stereocenters. The van der Waals surface area contributed by atoms with E-state index in [-0.39, 0.29) is 0 Å². The predicted octanol–water partition coefficient (Wildman–Crippen LogP) is 3.88. The van der Waals surface area contributed by atoms with Crippen LogP contribution in [-0.2, 0) is 0 Å². The van der Waals surface area contributed by atoms with Crippen LogP contribution in [-0.4, -0.2) is 12.1 Å².